The highest BCUT2D eigenvalue weighted by atomic mass is 19.3. The van der Waals surface area contributed by atoms with E-state index in [1.54, 1.807) is 0 Å². The lowest BCUT2D eigenvalue weighted by molar-refractivity contribution is 0.133. The van der Waals surface area contributed by atoms with Crippen molar-refractivity contribution in [1.82, 2.24) is 0 Å². The monoisotopic (exact) mass is 501 g/mol. The van der Waals surface area contributed by atoms with Crippen LogP contribution in [0.15, 0.2) is 0 Å². The van der Waals surface area contributed by atoms with Crippen molar-refractivity contribution in [1.29, 1.82) is 0 Å². The van der Waals surface area contributed by atoms with Gasteiger partial charge in [-0.15, -0.1) is 0 Å². The summed E-state index contributed by atoms with van der Waals surface area (Å²) in [5.74, 6) is 0. The van der Waals surface area contributed by atoms with Gasteiger partial charge in [-0.2, -0.15) is 0 Å². The Morgan fingerprint density at radius 1 is 0.286 bits per heavy atom. The number of hydrogen-bond donors (Lipinski definition) is 0. The highest BCUT2D eigenvalue weighted by molar-refractivity contribution is 4.52. The van der Waals surface area contributed by atoms with Gasteiger partial charge in [0.1, 0.15) is 0 Å². The molecule has 0 aromatic rings. The predicted molar refractivity (Wildman–Crippen MR) is 155 cm³/mol. The van der Waals surface area contributed by atoms with Crippen molar-refractivity contribution >= 4 is 0 Å². The second-order valence-corrected chi connectivity index (χ2v) is 11.4. The zero-order valence-corrected chi connectivity index (χ0v) is 24.3. The molecule has 0 saturated carbocycles. The number of hydrogen-bond acceptors (Lipinski definition) is 0. The molecular formula is C33H66F2. The van der Waals surface area contributed by atoms with Crippen molar-refractivity contribution in [2.45, 2.75) is 212 Å². The minimum absolute atomic E-state index is 0.0967. The van der Waals surface area contributed by atoms with E-state index in [0.29, 0.717) is 6.42 Å². The number of rotatable bonds is 31. The van der Waals surface area contributed by atoms with Crippen molar-refractivity contribution in [3.63, 3.8) is 0 Å². The minimum Gasteiger partial charge on any atom is -0.211 e. The summed E-state index contributed by atoms with van der Waals surface area (Å²) in [7, 11) is 0. The fourth-order valence-corrected chi connectivity index (χ4v) is 5.32. The molecule has 0 nitrogen and oxygen atoms in total. The maximum atomic E-state index is 12.0. The lowest BCUT2D eigenvalue weighted by atomic mass is 10.0. The molecule has 0 fully saturated rings. The van der Waals surface area contributed by atoms with Crippen molar-refractivity contribution in [2.75, 3.05) is 0 Å². The average Bonchev–Trinajstić information content (AvgIpc) is 2.85. The van der Waals surface area contributed by atoms with Crippen LogP contribution in [0.5, 0.6) is 0 Å². The van der Waals surface area contributed by atoms with Gasteiger partial charge in [-0.1, -0.05) is 193 Å². The largest absolute Gasteiger partial charge is 0.238 e. The topological polar surface area (TPSA) is 0 Å². The predicted octanol–water partition coefficient (Wildman–Crippen LogP) is 13.4. The molecule has 0 aliphatic heterocycles. The molecule has 212 valence electrons. The van der Waals surface area contributed by atoms with E-state index in [-0.39, 0.29) is 6.42 Å². The molecule has 0 unspecified atom stereocenters. The van der Waals surface area contributed by atoms with E-state index in [1.807, 2.05) is 0 Å². The van der Waals surface area contributed by atoms with Gasteiger partial charge in [-0.25, -0.2) is 8.78 Å². The van der Waals surface area contributed by atoms with Gasteiger partial charge < -0.3 is 0 Å². The zero-order valence-electron chi connectivity index (χ0n) is 24.3. The summed E-state index contributed by atoms with van der Waals surface area (Å²) in [6.45, 7) is 2.30. The van der Waals surface area contributed by atoms with E-state index in [1.165, 1.54) is 173 Å². The van der Waals surface area contributed by atoms with Crippen LogP contribution in [-0.2, 0) is 0 Å². The Bertz CT molecular complexity index is 355. The third kappa shape index (κ3) is 33.9. The normalized spacial score (nSPS) is 11.7. The van der Waals surface area contributed by atoms with E-state index in [4.69, 9.17) is 0 Å². The SMILES string of the molecule is CCCCCCCCCCCCCCCCCCCCCCCCCCCCCCCCC(F)F. The molecule has 0 rings (SSSR count). The van der Waals surface area contributed by atoms with Crippen LogP contribution >= 0.6 is 0 Å². The van der Waals surface area contributed by atoms with Gasteiger partial charge in [0.2, 0.25) is 6.43 Å². The van der Waals surface area contributed by atoms with Gasteiger partial charge >= 0.3 is 0 Å². The number of unbranched alkanes of at least 4 members (excludes halogenated alkanes) is 29. The molecule has 35 heavy (non-hydrogen) atoms. The Balaban J connectivity index is 3.01. The highest BCUT2D eigenvalue weighted by Gasteiger charge is 2.01. The van der Waals surface area contributed by atoms with Crippen LogP contribution in [0, 0.1) is 0 Å². The summed E-state index contributed by atoms with van der Waals surface area (Å²) in [6.07, 6.45) is 39.4. The molecule has 0 aliphatic rings. The summed E-state index contributed by atoms with van der Waals surface area (Å²) < 4.78 is 24.1. The second-order valence-electron chi connectivity index (χ2n) is 11.4. The summed E-state index contributed by atoms with van der Waals surface area (Å²) in [6, 6.07) is 0. The molecule has 0 aromatic carbocycles. The van der Waals surface area contributed by atoms with Crippen molar-refractivity contribution in [3.05, 3.63) is 0 Å². The first-order valence-electron chi connectivity index (χ1n) is 16.6. The van der Waals surface area contributed by atoms with Crippen LogP contribution in [0.25, 0.3) is 0 Å². The van der Waals surface area contributed by atoms with E-state index in [0.717, 1.165) is 12.8 Å². The molecule has 0 aromatic heterocycles. The standard InChI is InChI=1S/C33H66F2/c1-2-3-4-5-6-7-8-9-10-11-12-13-14-15-16-17-18-19-20-21-22-23-24-25-26-27-28-29-30-31-32-33(34)35/h33H,2-32H2,1H3. The smallest absolute Gasteiger partial charge is 0.211 e. The number of halogens is 2. The van der Waals surface area contributed by atoms with Gasteiger partial charge in [0, 0.05) is 6.42 Å². The minimum atomic E-state index is -2.10. The molecule has 0 amide bonds. The van der Waals surface area contributed by atoms with E-state index < -0.39 is 6.43 Å². The van der Waals surface area contributed by atoms with Crippen LogP contribution in [-0.4, -0.2) is 6.43 Å². The lowest BCUT2D eigenvalue weighted by Gasteiger charge is -2.04. The Labute approximate surface area is 221 Å². The summed E-state index contributed by atoms with van der Waals surface area (Å²) in [5.41, 5.74) is 0. The first-order valence-corrected chi connectivity index (χ1v) is 16.6. The van der Waals surface area contributed by atoms with Crippen LogP contribution in [0.4, 0.5) is 8.78 Å². The second kappa shape index (κ2) is 31.9. The maximum absolute atomic E-state index is 12.0. The average molecular weight is 501 g/mol. The Kier molecular flexibility index (Phi) is 31.8. The van der Waals surface area contributed by atoms with E-state index in [2.05, 4.69) is 6.92 Å². The summed E-state index contributed by atoms with van der Waals surface area (Å²) >= 11 is 0. The fraction of sp³-hybridized carbons (Fsp3) is 1.00. The first kappa shape index (κ1) is 34.9. The van der Waals surface area contributed by atoms with Crippen LogP contribution in [0.1, 0.15) is 206 Å². The quantitative estimate of drug-likeness (QED) is 0.0830. The molecule has 0 radical (unpaired) electrons. The van der Waals surface area contributed by atoms with Crippen molar-refractivity contribution in [2.24, 2.45) is 0 Å². The lowest BCUT2D eigenvalue weighted by Crippen LogP contribution is -1.89. The van der Waals surface area contributed by atoms with Gasteiger partial charge in [0.25, 0.3) is 0 Å². The third-order valence-electron chi connectivity index (χ3n) is 7.78. The molecule has 0 N–H and O–H groups in total. The maximum Gasteiger partial charge on any atom is 0.238 e. The van der Waals surface area contributed by atoms with E-state index >= 15 is 0 Å². The molecule has 0 saturated heterocycles. The summed E-state index contributed by atoms with van der Waals surface area (Å²) in [4.78, 5) is 0. The third-order valence-corrected chi connectivity index (χ3v) is 7.78. The first-order chi connectivity index (χ1) is 17.3. The van der Waals surface area contributed by atoms with Gasteiger partial charge in [-0.3, -0.25) is 0 Å². The van der Waals surface area contributed by atoms with Gasteiger partial charge in [0.15, 0.2) is 0 Å². The zero-order chi connectivity index (χ0) is 25.5. The molecular weight excluding hydrogens is 434 g/mol. The highest BCUT2D eigenvalue weighted by Crippen LogP contribution is 2.17. The van der Waals surface area contributed by atoms with Crippen LogP contribution in [0.2, 0.25) is 0 Å². The van der Waals surface area contributed by atoms with Crippen molar-refractivity contribution in [3.8, 4) is 0 Å². The van der Waals surface area contributed by atoms with Gasteiger partial charge in [0.05, 0.1) is 0 Å². The molecule has 2 heteroatoms. The van der Waals surface area contributed by atoms with Gasteiger partial charge in [-0.05, 0) is 6.42 Å². The van der Waals surface area contributed by atoms with Crippen LogP contribution in [0.3, 0.4) is 0 Å². The Morgan fingerprint density at radius 2 is 0.457 bits per heavy atom. The van der Waals surface area contributed by atoms with Crippen molar-refractivity contribution < 1.29 is 8.78 Å². The molecule has 0 heterocycles. The molecule has 0 bridgehead atoms. The fourth-order valence-electron chi connectivity index (χ4n) is 5.32. The molecule has 0 spiro atoms. The molecule has 0 aliphatic carbocycles. The summed E-state index contributed by atoms with van der Waals surface area (Å²) in [5, 5.41) is 0. The Hall–Kier alpha value is -0.140. The van der Waals surface area contributed by atoms with E-state index in [9.17, 15) is 8.78 Å². The molecule has 0 atom stereocenters. The Morgan fingerprint density at radius 3 is 0.629 bits per heavy atom. The van der Waals surface area contributed by atoms with Crippen LogP contribution < -0.4 is 0 Å². The number of alkyl halides is 2.